The van der Waals surface area contributed by atoms with E-state index in [0.717, 1.165) is 16.5 Å². The zero-order valence-corrected chi connectivity index (χ0v) is 13.5. The Bertz CT molecular complexity index is 386. The summed E-state index contributed by atoms with van der Waals surface area (Å²) in [5.41, 5.74) is 0.154. The molecule has 0 unspecified atom stereocenters. The van der Waals surface area contributed by atoms with Crippen molar-refractivity contribution in [3.63, 3.8) is 0 Å². The number of pyridine rings is 1. The molecule has 0 bridgehead atoms. The molecule has 1 aromatic heterocycles. The van der Waals surface area contributed by atoms with Gasteiger partial charge in [0.15, 0.2) is 0 Å². The lowest BCUT2D eigenvalue weighted by Crippen LogP contribution is -2.21. The first-order valence-electron chi connectivity index (χ1n) is 7.10. The monoisotopic (exact) mass is 361 g/mol. The normalized spacial score (nSPS) is 10.8. The molecule has 18 heavy (non-hydrogen) atoms. The average molecular weight is 361 g/mol. The molecular weight excluding hydrogens is 337 g/mol. The van der Waals surface area contributed by atoms with E-state index in [0.29, 0.717) is 0 Å². The largest absolute Gasteiger partial charge is 0.315 e. The minimum Gasteiger partial charge on any atom is -0.315 e. The van der Waals surface area contributed by atoms with Crippen LogP contribution in [0.4, 0.5) is 0 Å². The van der Waals surface area contributed by atoms with Gasteiger partial charge < -0.3 is 4.57 Å². The minimum atomic E-state index is 0.154. The van der Waals surface area contributed by atoms with Gasteiger partial charge >= 0.3 is 0 Å². The smallest absolute Gasteiger partial charge is 0.263 e. The number of aromatic nitrogens is 1. The molecule has 1 rings (SSSR count). The van der Waals surface area contributed by atoms with Gasteiger partial charge in [-0.05, 0) is 41.1 Å². The molecular formula is C15H24INO. The van der Waals surface area contributed by atoms with Crippen LogP contribution in [0.3, 0.4) is 0 Å². The summed E-state index contributed by atoms with van der Waals surface area (Å²) in [6, 6.07) is 3.82. The van der Waals surface area contributed by atoms with Gasteiger partial charge in [-0.15, -0.1) is 0 Å². The van der Waals surface area contributed by atoms with Gasteiger partial charge in [0.2, 0.25) is 0 Å². The first kappa shape index (κ1) is 15.7. The van der Waals surface area contributed by atoms with Crippen LogP contribution in [0.15, 0.2) is 23.1 Å². The van der Waals surface area contributed by atoms with Gasteiger partial charge in [-0.2, -0.15) is 0 Å². The molecule has 0 aromatic carbocycles. The van der Waals surface area contributed by atoms with Crippen molar-refractivity contribution in [2.24, 2.45) is 0 Å². The lowest BCUT2D eigenvalue weighted by Gasteiger charge is -2.05. The predicted octanol–water partition coefficient (Wildman–Crippen LogP) is 4.59. The summed E-state index contributed by atoms with van der Waals surface area (Å²) < 4.78 is 2.65. The quantitative estimate of drug-likeness (QED) is 0.466. The van der Waals surface area contributed by atoms with Crippen LogP contribution in [-0.2, 0) is 6.54 Å². The first-order valence-corrected chi connectivity index (χ1v) is 8.18. The van der Waals surface area contributed by atoms with Gasteiger partial charge in [0, 0.05) is 12.7 Å². The fraction of sp³-hybridized carbons (Fsp3) is 0.667. The SMILES string of the molecule is CCCCCCCCCCn1cccc(I)c1=O. The van der Waals surface area contributed by atoms with E-state index in [2.05, 4.69) is 29.5 Å². The predicted molar refractivity (Wildman–Crippen MR) is 86.0 cm³/mol. The van der Waals surface area contributed by atoms with Gasteiger partial charge in [-0.3, -0.25) is 4.79 Å². The number of aryl methyl sites for hydroxylation is 1. The molecule has 2 nitrogen and oxygen atoms in total. The summed E-state index contributed by atoms with van der Waals surface area (Å²) in [7, 11) is 0. The summed E-state index contributed by atoms with van der Waals surface area (Å²) >= 11 is 2.10. The van der Waals surface area contributed by atoms with Crippen molar-refractivity contribution in [2.75, 3.05) is 0 Å². The lowest BCUT2D eigenvalue weighted by atomic mass is 10.1. The second-order valence-electron chi connectivity index (χ2n) is 4.83. The van der Waals surface area contributed by atoms with Crippen LogP contribution in [0, 0.1) is 3.57 Å². The number of hydrogen-bond donors (Lipinski definition) is 0. The van der Waals surface area contributed by atoms with E-state index in [4.69, 9.17) is 0 Å². The second kappa shape index (κ2) is 9.59. The molecule has 0 saturated heterocycles. The van der Waals surface area contributed by atoms with Crippen LogP contribution in [0.25, 0.3) is 0 Å². The summed E-state index contributed by atoms with van der Waals surface area (Å²) in [6.45, 7) is 3.11. The van der Waals surface area contributed by atoms with Gasteiger partial charge in [0.1, 0.15) is 0 Å². The van der Waals surface area contributed by atoms with Gasteiger partial charge in [-0.25, -0.2) is 0 Å². The maximum atomic E-state index is 11.8. The number of hydrogen-bond acceptors (Lipinski definition) is 1. The Balaban J connectivity index is 2.11. The highest BCUT2D eigenvalue weighted by atomic mass is 127. The van der Waals surface area contributed by atoms with Crippen molar-refractivity contribution >= 4 is 22.6 Å². The summed E-state index contributed by atoms with van der Waals surface area (Å²) in [5, 5.41) is 0. The van der Waals surface area contributed by atoms with Crippen LogP contribution < -0.4 is 5.56 Å². The summed E-state index contributed by atoms with van der Waals surface area (Å²) in [5.74, 6) is 0. The molecule has 0 aliphatic heterocycles. The maximum absolute atomic E-state index is 11.8. The zero-order valence-electron chi connectivity index (χ0n) is 11.3. The van der Waals surface area contributed by atoms with Crippen molar-refractivity contribution in [1.29, 1.82) is 0 Å². The Morgan fingerprint density at radius 3 is 2.33 bits per heavy atom. The molecule has 0 amide bonds. The lowest BCUT2D eigenvalue weighted by molar-refractivity contribution is 0.537. The van der Waals surface area contributed by atoms with E-state index >= 15 is 0 Å². The third-order valence-electron chi connectivity index (χ3n) is 3.23. The van der Waals surface area contributed by atoms with Crippen molar-refractivity contribution in [2.45, 2.75) is 64.8 Å². The first-order chi connectivity index (χ1) is 8.75. The van der Waals surface area contributed by atoms with Crippen LogP contribution in [0.1, 0.15) is 58.3 Å². The van der Waals surface area contributed by atoms with Gasteiger partial charge in [0.25, 0.3) is 5.56 Å². The highest BCUT2D eigenvalue weighted by Crippen LogP contribution is 2.08. The molecule has 102 valence electrons. The third-order valence-corrected chi connectivity index (χ3v) is 4.05. The van der Waals surface area contributed by atoms with Crippen molar-refractivity contribution in [1.82, 2.24) is 4.57 Å². The number of rotatable bonds is 9. The maximum Gasteiger partial charge on any atom is 0.263 e. The Morgan fingerprint density at radius 1 is 1.06 bits per heavy atom. The fourth-order valence-corrected chi connectivity index (χ4v) is 2.62. The molecule has 0 spiro atoms. The number of halogens is 1. The van der Waals surface area contributed by atoms with E-state index in [1.807, 2.05) is 22.9 Å². The van der Waals surface area contributed by atoms with E-state index in [1.54, 1.807) is 0 Å². The molecule has 0 aliphatic rings. The molecule has 0 fully saturated rings. The molecule has 0 saturated carbocycles. The second-order valence-corrected chi connectivity index (χ2v) is 5.99. The molecule has 0 N–H and O–H groups in total. The molecule has 0 radical (unpaired) electrons. The molecule has 1 heterocycles. The van der Waals surface area contributed by atoms with Crippen molar-refractivity contribution in [3.8, 4) is 0 Å². The van der Waals surface area contributed by atoms with Crippen molar-refractivity contribution < 1.29 is 0 Å². The van der Waals surface area contributed by atoms with Crippen LogP contribution in [0.2, 0.25) is 0 Å². The minimum absolute atomic E-state index is 0.154. The standard InChI is InChI=1S/C15H24INO/c1-2-3-4-5-6-7-8-9-12-17-13-10-11-14(16)15(17)18/h10-11,13H,2-9,12H2,1H3. The van der Waals surface area contributed by atoms with E-state index in [1.165, 1.54) is 44.9 Å². The highest BCUT2D eigenvalue weighted by Gasteiger charge is 1.99. The van der Waals surface area contributed by atoms with E-state index < -0.39 is 0 Å². The molecule has 0 aliphatic carbocycles. The fourth-order valence-electron chi connectivity index (χ4n) is 2.10. The van der Waals surface area contributed by atoms with Gasteiger partial charge in [-0.1, -0.05) is 51.9 Å². The third kappa shape index (κ3) is 6.03. The topological polar surface area (TPSA) is 22.0 Å². The van der Waals surface area contributed by atoms with Crippen LogP contribution >= 0.6 is 22.6 Å². The molecule has 3 heteroatoms. The zero-order chi connectivity index (χ0) is 13.2. The highest BCUT2D eigenvalue weighted by molar-refractivity contribution is 14.1. The molecule has 1 aromatic rings. The summed E-state index contributed by atoms with van der Waals surface area (Å²) in [6.07, 6.45) is 12.4. The Morgan fingerprint density at radius 2 is 1.67 bits per heavy atom. The van der Waals surface area contributed by atoms with Crippen LogP contribution in [-0.4, -0.2) is 4.57 Å². The Kier molecular flexibility index (Phi) is 8.38. The Labute approximate surface area is 124 Å². The summed E-state index contributed by atoms with van der Waals surface area (Å²) in [4.78, 5) is 11.8. The average Bonchev–Trinajstić information content (AvgIpc) is 2.37. The van der Waals surface area contributed by atoms with Crippen molar-refractivity contribution in [3.05, 3.63) is 32.3 Å². The number of unbranched alkanes of at least 4 members (excludes halogenated alkanes) is 7. The number of nitrogens with zero attached hydrogens (tertiary/aromatic N) is 1. The molecule has 0 atom stereocenters. The van der Waals surface area contributed by atoms with E-state index in [9.17, 15) is 4.79 Å². The van der Waals surface area contributed by atoms with Crippen LogP contribution in [0.5, 0.6) is 0 Å². The van der Waals surface area contributed by atoms with E-state index in [-0.39, 0.29) is 5.56 Å². The van der Waals surface area contributed by atoms with Gasteiger partial charge in [0.05, 0.1) is 3.57 Å². The Hall–Kier alpha value is -0.320.